The summed E-state index contributed by atoms with van der Waals surface area (Å²) in [4.78, 5) is 21.9. The molecule has 0 aliphatic rings. The maximum absolute atomic E-state index is 11.8. The minimum absolute atomic E-state index is 0.0438. The normalized spacial score (nSPS) is 10.6. The Morgan fingerprint density at radius 2 is 2.09 bits per heavy atom. The predicted molar refractivity (Wildman–Crippen MR) is 81.3 cm³/mol. The summed E-state index contributed by atoms with van der Waals surface area (Å²) in [5.74, 6) is -0.654. The molecule has 2 rings (SSSR count). The molecule has 8 heteroatoms. The van der Waals surface area contributed by atoms with Gasteiger partial charge in [-0.3, -0.25) is 14.9 Å². The first-order chi connectivity index (χ1) is 10.5. The number of non-ortho nitro benzene ring substituents is 1. The smallest absolute Gasteiger partial charge is 0.271 e. The zero-order chi connectivity index (χ0) is 16.1. The summed E-state index contributed by atoms with van der Waals surface area (Å²) in [6, 6.07) is 9.63. The maximum Gasteiger partial charge on any atom is 0.271 e. The highest BCUT2D eigenvalue weighted by atomic mass is 35.5. The molecule has 0 spiro atoms. The Bertz CT molecular complexity index is 762. The molecule has 22 heavy (non-hydrogen) atoms. The largest absolute Gasteiger partial charge is 0.507 e. The molecule has 2 N–H and O–H groups in total. The molecule has 112 valence electrons. The number of nitrogens with zero attached hydrogens (tertiary/aromatic N) is 2. The van der Waals surface area contributed by atoms with Crippen molar-refractivity contribution in [3.05, 3.63) is 68.7 Å². The van der Waals surface area contributed by atoms with Crippen molar-refractivity contribution in [1.29, 1.82) is 0 Å². The standard InChI is InChI=1S/C14H10ClN3O4/c15-11-4-5-13(19)10(6-11)8-16-17-14(20)9-2-1-3-12(7-9)18(21)22/h1-8,19H,(H,17,20). The van der Waals surface area contributed by atoms with Crippen LogP contribution in [0.1, 0.15) is 15.9 Å². The van der Waals surface area contributed by atoms with Crippen LogP contribution in [0.15, 0.2) is 47.6 Å². The van der Waals surface area contributed by atoms with E-state index < -0.39 is 10.8 Å². The van der Waals surface area contributed by atoms with E-state index in [1.807, 2.05) is 0 Å². The Morgan fingerprint density at radius 3 is 2.82 bits per heavy atom. The van der Waals surface area contributed by atoms with Crippen LogP contribution in [0.2, 0.25) is 5.02 Å². The molecule has 0 fully saturated rings. The number of benzene rings is 2. The van der Waals surface area contributed by atoms with Crippen LogP contribution < -0.4 is 5.43 Å². The summed E-state index contributed by atoms with van der Waals surface area (Å²) in [7, 11) is 0. The zero-order valence-corrected chi connectivity index (χ0v) is 11.8. The summed E-state index contributed by atoms with van der Waals surface area (Å²) in [6.07, 6.45) is 1.22. The van der Waals surface area contributed by atoms with E-state index in [1.165, 1.54) is 42.6 Å². The van der Waals surface area contributed by atoms with E-state index in [4.69, 9.17) is 11.6 Å². The first-order valence-electron chi connectivity index (χ1n) is 6.04. The second-order valence-electron chi connectivity index (χ2n) is 4.21. The van der Waals surface area contributed by atoms with Gasteiger partial charge in [0.1, 0.15) is 5.75 Å². The van der Waals surface area contributed by atoms with E-state index >= 15 is 0 Å². The fourth-order valence-electron chi connectivity index (χ4n) is 1.61. The average Bonchev–Trinajstić information content (AvgIpc) is 2.50. The fraction of sp³-hybridized carbons (Fsp3) is 0. The molecule has 0 atom stereocenters. The summed E-state index contributed by atoms with van der Waals surface area (Å²) in [5, 5.41) is 24.3. The van der Waals surface area contributed by atoms with E-state index in [0.717, 1.165) is 6.07 Å². The molecule has 0 heterocycles. The van der Waals surface area contributed by atoms with Crippen molar-refractivity contribution in [2.45, 2.75) is 0 Å². The number of phenols is 1. The number of rotatable bonds is 4. The highest BCUT2D eigenvalue weighted by Gasteiger charge is 2.10. The molecule has 0 aromatic heterocycles. The molecule has 0 unspecified atom stereocenters. The van der Waals surface area contributed by atoms with Gasteiger partial charge in [0.25, 0.3) is 11.6 Å². The fourth-order valence-corrected chi connectivity index (χ4v) is 1.80. The molecule has 1 amide bonds. The van der Waals surface area contributed by atoms with Crippen molar-refractivity contribution in [1.82, 2.24) is 5.43 Å². The van der Waals surface area contributed by atoms with Crippen molar-refractivity contribution >= 4 is 29.4 Å². The average molecular weight is 320 g/mol. The van der Waals surface area contributed by atoms with Crippen LogP contribution in [0.25, 0.3) is 0 Å². The Labute approximate surface area is 130 Å². The van der Waals surface area contributed by atoms with Crippen LogP contribution in [0.3, 0.4) is 0 Å². The number of nitro groups is 1. The van der Waals surface area contributed by atoms with Crippen LogP contribution in [0, 0.1) is 10.1 Å². The van der Waals surface area contributed by atoms with E-state index in [9.17, 15) is 20.0 Å². The Balaban J connectivity index is 2.09. The number of amides is 1. The van der Waals surface area contributed by atoms with Crippen molar-refractivity contribution in [3.8, 4) is 5.75 Å². The Kier molecular flexibility index (Phi) is 4.70. The molecular formula is C14H10ClN3O4. The molecular weight excluding hydrogens is 310 g/mol. The molecule has 0 aliphatic carbocycles. The van der Waals surface area contributed by atoms with Crippen LogP contribution in [0.4, 0.5) is 5.69 Å². The number of phenolic OH excluding ortho intramolecular Hbond substituents is 1. The summed E-state index contributed by atoms with van der Waals surface area (Å²) in [5.41, 5.74) is 2.45. The molecule has 0 aliphatic heterocycles. The number of halogens is 1. The van der Waals surface area contributed by atoms with Crippen molar-refractivity contribution in [3.63, 3.8) is 0 Å². The highest BCUT2D eigenvalue weighted by molar-refractivity contribution is 6.30. The maximum atomic E-state index is 11.8. The van der Waals surface area contributed by atoms with Gasteiger partial charge in [-0.1, -0.05) is 17.7 Å². The van der Waals surface area contributed by atoms with E-state index in [2.05, 4.69) is 10.5 Å². The number of aromatic hydroxyl groups is 1. The zero-order valence-electron chi connectivity index (χ0n) is 11.1. The minimum atomic E-state index is -0.610. The third-order valence-corrected chi connectivity index (χ3v) is 2.91. The van der Waals surface area contributed by atoms with E-state index in [1.54, 1.807) is 0 Å². The number of nitro benzene ring substituents is 1. The van der Waals surface area contributed by atoms with Gasteiger partial charge in [0.2, 0.25) is 0 Å². The van der Waals surface area contributed by atoms with Gasteiger partial charge in [-0.25, -0.2) is 5.43 Å². The van der Waals surface area contributed by atoms with Gasteiger partial charge in [0.15, 0.2) is 0 Å². The van der Waals surface area contributed by atoms with Gasteiger partial charge >= 0.3 is 0 Å². The van der Waals surface area contributed by atoms with Gasteiger partial charge in [0.05, 0.1) is 11.1 Å². The molecule has 0 bridgehead atoms. The van der Waals surface area contributed by atoms with Gasteiger partial charge in [0, 0.05) is 28.3 Å². The first kappa shape index (κ1) is 15.5. The topological polar surface area (TPSA) is 105 Å². The number of carbonyl (C=O) groups excluding carboxylic acids is 1. The SMILES string of the molecule is O=C(NN=Cc1cc(Cl)ccc1O)c1cccc([N+](=O)[O-])c1. The molecule has 2 aromatic rings. The Morgan fingerprint density at radius 1 is 1.32 bits per heavy atom. The molecule has 0 radical (unpaired) electrons. The number of hydrogen-bond donors (Lipinski definition) is 2. The lowest BCUT2D eigenvalue weighted by molar-refractivity contribution is -0.384. The van der Waals surface area contributed by atoms with Gasteiger partial charge in [-0.05, 0) is 24.3 Å². The third-order valence-electron chi connectivity index (χ3n) is 2.68. The van der Waals surface area contributed by atoms with Crippen LogP contribution >= 0.6 is 11.6 Å². The van der Waals surface area contributed by atoms with E-state index in [0.29, 0.717) is 10.6 Å². The second kappa shape index (κ2) is 6.68. The number of carbonyl (C=O) groups is 1. The Hall–Kier alpha value is -2.93. The van der Waals surface area contributed by atoms with Crippen LogP contribution in [0.5, 0.6) is 5.75 Å². The van der Waals surface area contributed by atoms with Crippen LogP contribution in [-0.4, -0.2) is 22.2 Å². The molecule has 0 saturated carbocycles. The third kappa shape index (κ3) is 3.80. The molecule has 0 saturated heterocycles. The summed E-state index contributed by atoms with van der Waals surface area (Å²) >= 11 is 5.78. The molecule has 7 nitrogen and oxygen atoms in total. The van der Waals surface area contributed by atoms with Crippen molar-refractivity contribution < 1.29 is 14.8 Å². The van der Waals surface area contributed by atoms with Gasteiger partial charge < -0.3 is 5.11 Å². The second-order valence-corrected chi connectivity index (χ2v) is 4.65. The number of nitrogens with one attached hydrogen (secondary N) is 1. The first-order valence-corrected chi connectivity index (χ1v) is 6.41. The lowest BCUT2D eigenvalue weighted by Crippen LogP contribution is -2.17. The number of hydrogen-bond acceptors (Lipinski definition) is 5. The van der Waals surface area contributed by atoms with Crippen molar-refractivity contribution in [2.24, 2.45) is 5.10 Å². The highest BCUT2D eigenvalue weighted by Crippen LogP contribution is 2.19. The van der Waals surface area contributed by atoms with E-state index in [-0.39, 0.29) is 17.0 Å². The summed E-state index contributed by atoms with van der Waals surface area (Å²) in [6.45, 7) is 0. The van der Waals surface area contributed by atoms with Gasteiger partial charge in [-0.2, -0.15) is 5.10 Å². The summed E-state index contributed by atoms with van der Waals surface area (Å²) < 4.78 is 0. The quantitative estimate of drug-likeness (QED) is 0.513. The van der Waals surface area contributed by atoms with Crippen molar-refractivity contribution in [2.75, 3.05) is 0 Å². The predicted octanol–water partition coefficient (Wildman–Crippen LogP) is 2.72. The minimum Gasteiger partial charge on any atom is -0.507 e. The molecule has 2 aromatic carbocycles. The lowest BCUT2D eigenvalue weighted by atomic mass is 10.2. The van der Waals surface area contributed by atoms with Gasteiger partial charge in [-0.15, -0.1) is 0 Å². The lowest BCUT2D eigenvalue weighted by Gasteiger charge is -2.01. The monoisotopic (exact) mass is 319 g/mol. The van der Waals surface area contributed by atoms with Crippen LogP contribution in [-0.2, 0) is 0 Å². The number of hydrazone groups is 1.